The Balaban J connectivity index is 2.16. The summed E-state index contributed by atoms with van der Waals surface area (Å²) in [6.07, 6.45) is 0.936. The molecule has 0 atom stereocenters. The predicted octanol–water partition coefficient (Wildman–Crippen LogP) is 3.43. The van der Waals surface area contributed by atoms with Gasteiger partial charge in [-0.3, -0.25) is 0 Å². The summed E-state index contributed by atoms with van der Waals surface area (Å²) in [6, 6.07) is 10.4. The molecule has 0 spiro atoms. The molecule has 21 heavy (non-hydrogen) atoms. The van der Waals surface area contributed by atoms with Crippen LogP contribution in [0.2, 0.25) is 0 Å². The first-order valence-corrected chi connectivity index (χ1v) is 6.95. The van der Waals surface area contributed by atoms with Gasteiger partial charge in [-0.2, -0.15) is 0 Å². The molecular formula is C17H20FNO2. The Hall–Kier alpha value is -2.07. The van der Waals surface area contributed by atoms with Crippen LogP contribution in [0.5, 0.6) is 11.5 Å². The van der Waals surface area contributed by atoms with Crippen LogP contribution in [0.25, 0.3) is 0 Å². The largest absolute Gasteiger partial charge is 0.493 e. The summed E-state index contributed by atoms with van der Waals surface area (Å²) in [5.41, 5.74) is 8.44. The second kappa shape index (κ2) is 7.09. The van der Waals surface area contributed by atoms with E-state index in [9.17, 15) is 4.39 Å². The molecule has 2 aromatic carbocycles. The lowest BCUT2D eigenvalue weighted by molar-refractivity contribution is 0.283. The van der Waals surface area contributed by atoms with Gasteiger partial charge in [-0.1, -0.05) is 19.1 Å². The molecule has 0 aliphatic carbocycles. The first-order chi connectivity index (χ1) is 10.2. The maximum Gasteiger partial charge on any atom is 0.161 e. The zero-order valence-electron chi connectivity index (χ0n) is 12.4. The second-order valence-corrected chi connectivity index (χ2v) is 4.74. The third-order valence-electron chi connectivity index (χ3n) is 3.41. The molecule has 2 N–H and O–H groups in total. The van der Waals surface area contributed by atoms with Gasteiger partial charge in [0, 0.05) is 6.54 Å². The van der Waals surface area contributed by atoms with Gasteiger partial charge in [-0.15, -0.1) is 0 Å². The van der Waals surface area contributed by atoms with E-state index in [1.807, 2.05) is 18.2 Å². The molecule has 0 bridgehead atoms. The van der Waals surface area contributed by atoms with Gasteiger partial charge >= 0.3 is 0 Å². The third kappa shape index (κ3) is 3.73. The lowest BCUT2D eigenvalue weighted by atomic mass is 10.1. The fourth-order valence-electron chi connectivity index (χ4n) is 2.13. The molecule has 3 nitrogen and oxygen atoms in total. The van der Waals surface area contributed by atoms with Crippen molar-refractivity contribution in [2.24, 2.45) is 5.73 Å². The van der Waals surface area contributed by atoms with Crippen molar-refractivity contribution in [3.05, 3.63) is 58.9 Å². The van der Waals surface area contributed by atoms with Crippen LogP contribution in [0.1, 0.15) is 23.6 Å². The molecule has 0 aromatic heterocycles. The van der Waals surface area contributed by atoms with Crippen molar-refractivity contribution in [3.8, 4) is 11.5 Å². The molecule has 112 valence electrons. The van der Waals surface area contributed by atoms with E-state index in [4.69, 9.17) is 15.2 Å². The number of hydrogen-bond donors (Lipinski definition) is 1. The van der Waals surface area contributed by atoms with E-state index in [1.54, 1.807) is 13.2 Å². The highest BCUT2D eigenvalue weighted by Gasteiger charge is 2.08. The summed E-state index contributed by atoms with van der Waals surface area (Å²) in [7, 11) is 1.62. The summed E-state index contributed by atoms with van der Waals surface area (Å²) in [5.74, 6) is 1.08. The Morgan fingerprint density at radius 2 is 1.86 bits per heavy atom. The van der Waals surface area contributed by atoms with Crippen molar-refractivity contribution in [1.82, 2.24) is 0 Å². The van der Waals surface area contributed by atoms with Gasteiger partial charge in [0.05, 0.1) is 7.11 Å². The highest BCUT2D eigenvalue weighted by Crippen LogP contribution is 2.29. The standard InChI is InChI=1S/C17H20FNO2/c1-3-12-4-7-16(17(8-12)20-2)21-11-13-5-6-15(18)9-14(13)10-19/h4-9H,3,10-11,19H2,1-2H3. The van der Waals surface area contributed by atoms with Gasteiger partial charge < -0.3 is 15.2 Å². The number of ether oxygens (including phenoxy) is 2. The molecule has 0 amide bonds. The lowest BCUT2D eigenvalue weighted by Gasteiger charge is -2.13. The highest BCUT2D eigenvalue weighted by atomic mass is 19.1. The number of halogens is 1. The molecule has 0 aliphatic rings. The van der Waals surface area contributed by atoms with E-state index in [0.29, 0.717) is 18.1 Å². The fourth-order valence-corrected chi connectivity index (χ4v) is 2.13. The van der Waals surface area contributed by atoms with Crippen LogP contribution in [0.15, 0.2) is 36.4 Å². The zero-order chi connectivity index (χ0) is 15.2. The van der Waals surface area contributed by atoms with Gasteiger partial charge in [-0.25, -0.2) is 4.39 Å². The van der Waals surface area contributed by atoms with Crippen LogP contribution in [0.4, 0.5) is 4.39 Å². The van der Waals surface area contributed by atoms with Crippen LogP contribution >= 0.6 is 0 Å². The lowest BCUT2D eigenvalue weighted by Crippen LogP contribution is -2.06. The van der Waals surface area contributed by atoms with Crippen molar-refractivity contribution >= 4 is 0 Å². The molecule has 0 saturated heterocycles. The zero-order valence-corrected chi connectivity index (χ0v) is 12.4. The molecular weight excluding hydrogens is 269 g/mol. The minimum absolute atomic E-state index is 0.280. The average molecular weight is 289 g/mol. The molecule has 2 aromatic rings. The Morgan fingerprint density at radius 3 is 2.52 bits per heavy atom. The van der Waals surface area contributed by atoms with Crippen molar-refractivity contribution < 1.29 is 13.9 Å². The Morgan fingerprint density at radius 1 is 1.05 bits per heavy atom. The van der Waals surface area contributed by atoms with E-state index in [-0.39, 0.29) is 12.4 Å². The minimum atomic E-state index is -0.288. The van der Waals surface area contributed by atoms with Crippen molar-refractivity contribution in [1.29, 1.82) is 0 Å². The SMILES string of the molecule is CCc1ccc(OCc2ccc(F)cc2CN)c(OC)c1. The highest BCUT2D eigenvalue weighted by molar-refractivity contribution is 5.43. The first-order valence-electron chi connectivity index (χ1n) is 6.95. The van der Waals surface area contributed by atoms with E-state index in [0.717, 1.165) is 17.5 Å². The van der Waals surface area contributed by atoms with Gasteiger partial charge in [0.1, 0.15) is 12.4 Å². The number of hydrogen-bond acceptors (Lipinski definition) is 3. The summed E-state index contributed by atoms with van der Waals surface area (Å²) in [4.78, 5) is 0. The Bertz CT molecular complexity index is 614. The number of methoxy groups -OCH3 is 1. The van der Waals surface area contributed by atoms with E-state index < -0.39 is 0 Å². The normalized spacial score (nSPS) is 10.5. The van der Waals surface area contributed by atoms with Crippen molar-refractivity contribution in [2.45, 2.75) is 26.5 Å². The Kier molecular flexibility index (Phi) is 5.17. The van der Waals surface area contributed by atoms with E-state index in [2.05, 4.69) is 6.92 Å². The van der Waals surface area contributed by atoms with Gasteiger partial charge in [-0.05, 0) is 47.4 Å². The van der Waals surface area contributed by atoms with Gasteiger partial charge in [0.2, 0.25) is 0 Å². The van der Waals surface area contributed by atoms with Gasteiger partial charge in [0.25, 0.3) is 0 Å². The maximum absolute atomic E-state index is 13.2. The van der Waals surface area contributed by atoms with Crippen LogP contribution in [0, 0.1) is 5.82 Å². The molecule has 0 aliphatic heterocycles. The summed E-state index contributed by atoms with van der Waals surface area (Å²) in [6.45, 7) is 2.69. The Labute approximate surface area is 124 Å². The maximum atomic E-state index is 13.2. The molecule has 0 fully saturated rings. The topological polar surface area (TPSA) is 44.5 Å². The molecule has 4 heteroatoms. The second-order valence-electron chi connectivity index (χ2n) is 4.74. The minimum Gasteiger partial charge on any atom is -0.493 e. The van der Waals surface area contributed by atoms with E-state index >= 15 is 0 Å². The van der Waals surface area contributed by atoms with Crippen LogP contribution in [0.3, 0.4) is 0 Å². The number of benzene rings is 2. The van der Waals surface area contributed by atoms with Crippen LogP contribution in [-0.2, 0) is 19.6 Å². The predicted molar refractivity (Wildman–Crippen MR) is 81.0 cm³/mol. The number of nitrogens with two attached hydrogens (primary N) is 1. The summed E-state index contributed by atoms with van der Waals surface area (Å²) in [5, 5.41) is 0. The van der Waals surface area contributed by atoms with Crippen molar-refractivity contribution in [2.75, 3.05) is 7.11 Å². The summed E-state index contributed by atoms with van der Waals surface area (Å²) >= 11 is 0. The quantitative estimate of drug-likeness (QED) is 0.886. The molecule has 0 heterocycles. The monoisotopic (exact) mass is 289 g/mol. The first kappa shape index (κ1) is 15.3. The molecule has 0 radical (unpaired) electrons. The van der Waals surface area contributed by atoms with Crippen LogP contribution < -0.4 is 15.2 Å². The van der Waals surface area contributed by atoms with E-state index in [1.165, 1.54) is 17.7 Å². The van der Waals surface area contributed by atoms with Crippen molar-refractivity contribution in [3.63, 3.8) is 0 Å². The third-order valence-corrected chi connectivity index (χ3v) is 3.41. The molecule has 0 unspecified atom stereocenters. The smallest absolute Gasteiger partial charge is 0.161 e. The van der Waals surface area contributed by atoms with Gasteiger partial charge in [0.15, 0.2) is 11.5 Å². The summed E-state index contributed by atoms with van der Waals surface area (Å²) < 4.78 is 24.3. The number of aryl methyl sites for hydroxylation is 1. The fraction of sp³-hybridized carbons (Fsp3) is 0.294. The number of rotatable bonds is 6. The molecule has 0 saturated carbocycles. The average Bonchev–Trinajstić information content (AvgIpc) is 2.53. The molecule has 2 rings (SSSR count). The van der Waals surface area contributed by atoms with Crippen LogP contribution in [-0.4, -0.2) is 7.11 Å².